The highest BCUT2D eigenvalue weighted by atomic mass is 35.5. The summed E-state index contributed by atoms with van der Waals surface area (Å²) in [6, 6.07) is 11.3. The zero-order valence-corrected chi connectivity index (χ0v) is 13.1. The summed E-state index contributed by atoms with van der Waals surface area (Å²) in [5, 5.41) is 9.60. The molecule has 0 atom stereocenters. The molecule has 3 nitrogen and oxygen atoms in total. The van der Waals surface area contributed by atoms with Gasteiger partial charge in [0.25, 0.3) is 0 Å². The number of halogens is 3. The van der Waals surface area contributed by atoms with E-state index >= 15 is 0 Å². The zero-order valence-electron chi connectivity index (χ0n) is 10.8. The van der Waals surface area contributed by atoms with E-state index < -0.39 is 0 Å². The Bertz CT molecular complexity index is 729. The number of aromatic nitrogens is 3. The van der Waals surface area contributed by atoms with Crippen molar-refractivity contribution in [3.63, 3.8) is 0 Å². The molecule has 0 saturated heterocycles. The van der Waals surface area contributed by atoms with E-state index in [0.29, 0.717) is 21.5 Å². The van der Waals surface area contributed by atoms with E-state index in [1.165, 1.54) is 0 Å². The molecule has 3 aromatic rings. The Labute approximate surface area is 137 Å². The van der Waals surface area contributed by atoms with Gasteiger partial charge < -0.3 is 0 Å². The van der Waals surface area contributed by atoms with Crippen LogP contribution in [0.4, 0.5) is 0 Å². The first-order valence-electron chi connectivity index (χ1n) is 6.22. The number of hydrogen-bond donors (Lipinski definition) is 0. The lowest BCUT2D eigenvalue weighted by Crippen LogP contribution is -1.98. The fourth-order valence-corrected chi connectivity index (χ4v) is 2.78. The molecular weight excluding hydrogens is 329 g/mol. The van der Waals surface area contributed by atoms with Gasteiger partial charge in [-0.05, 0) is 35.4 Å². The topological polar surface area (TPSA) is 30.7 Å². The zero-order chi connectivity index (χ0) is 14.8. The van der Waals surface area contributed by atoms with Crippen molar-refractivity contribution in [1.29, 1.82) is 0 Å². The summed E-state index contributed by atoms with van der Waals surface area (Å²) in [5.74, 6) is 0. The van der Waals surface area contributed by atoms with E-state index in [2.05, 4.69) is 10.3 Å². The van der Waals surface area contributed by atoms with Crippen molar-refractivity contribution < 1.29 is 0 Å². The van der Waals surface area contributed by atoms with Crippen molar-refractivity contribution in [2.75, 3.05) is 0 Å². The Morgan fingerprint density at radius 2 is 1.62 bits per heavy atom. The number of rotatable bonds is 3. The molecule has 6 heteroatoms. The molecule has 0 amide bonds. The minimum absolute atomic E-state index is 0.600. The van der Waals surface area contributed by atoms with Crippen LogP contribution < -0.4 is 0 Å². The third kappa shape index (κ3) is 3.21. The predicted molar refractivity (Wildman–Crippen MR) is 85.6 cm³/mol. The molecule has 1 heterocycles. The second-order valence-electron chi connectivity index (χ2n) is 4.54. The maximum atomic E-state index is 6.36. The first kappa shape index (κ1) is 14.4. The summed E-state index contributed by atoms with van der Waals surface area (Å²) in [5.41, 5.74) is 2.75. The Balaban J connectivity index is 1.94. The molecule has 0 aliphatic rings. The molecule has 0 N–H and O–H groups in total. The minimum atomic E-state index is 0.600. The lowest BCUT2D eigenvalue weighted by molar-refractivity contribution is 0.803. The van der Waals surface area contributed by atoms with Crippen LogP contribution in [0, 0.1) is 0 Å². The van der Waals surface area contributed by atoms with E-state index in [-0.39, 0.29) is 0 Å². The molecule has 0 bridgehead atoms. The summed E-state index contributed by atoms with van der Waals surface area (Å²) in [4.78, 5) is 0. The monoisotopic (exact) mass is 337 g/mol. The average Bonchev–Trinajstić information content (AvgIpc) is 2.99. The molecule has 0 aliphatic heterocycles. The molecule has 106 valence electrons. The van der Waals surface area contributed by atoms with Crippen LogP contribution in [0.2, 0.25) is 15.1 Å². The lowest BCUT2D eigenvalue weighted by atomic mass is 10.0. The van der Waals surface area contributed by atoms with Crippen LogP contribution in [0.5, 0.6) is 0 Å². The van der Waals surface area contributed by atoms with Crippen LogP contribution in [-0.4, -0.2) is 15.0 Å². The van der Waals surface area contributed by atoms with Crippen LogP contribution in [0.25, 0.3) is 5.69 Å². The highest BCUT2D eigenvalue weighted by Crippen LogP contribution is 2.30. The van der Waals surface area contributed by atoms with Gasteiger partial charge in [-0.1, -0.05) is 52.1 Å². The molecule has 0 aliphatic carbocycles. The molecule has 21 heavy (non-hydrogen) atoms. The van der Waals surface area contributed by atoms with Gasteiger partial charge in [0.2, 0.25) is 0 Å². The summed E-state index contributed by atoms with van der Waals surface area (Å²) in [6.07, 6.45) is 3.98. The van der Waals surface area contributed by atoms with E-state index in [1.54, 1.807) is 17.1 Å². The molecular formula is C15H10Cl3N3. The number of nitrogens with zero attached hydrogens (tertiary/aromatic N) is 3. The Morgan fingerprint density at radius 3 is 2.19 bits per heavy atom. The van der Waals surface area contributed by atoms with Crippen LogP contribution in [0.15, 0.2) is 48.8 Å². The third-order valence-corrected chi connectivity index (χ3v) is 4.03. The summed E-state index contributed by atoms with van der Waals surface area (Å²) < 4.78 is 1.61. The predicted octanol–water partition coefficient (Wildman–Crippen LogP) is 4.82. The van der Waals surface area contributed by atoms with Crippen LogP contribution >= 0.6 is 34.8 Å². The van der Waals surface area contributed by atoms with Gasteiger partial charge in [0, 0.05) is 21.5 Å². The van der Waals surface area contributed by atoms with Crippen molar-refractivity contribution in [3.05, 3.63) is 75.0 Å². The maximum Gasteiger partial charge on any atom is 0.0697 e. The highest BCUT2D eigenvalue weighted by Gasteiger charge is 2.10. The third-order valence-electron chi connectivity index (χ3n) is 3.11. The molecule has 1 aromatic heterocycles. The molecule has 0 unspecified atom stereocenters. The molecule has 0 fully saturated rings. The summed E-state index contributed by atoms with van der Waals surface area (Å²) in [6.45, 7) is 0. The van der Waals surface area contributed by atoms with Crippen molar-refractivity contribution in [3.8, 4) is 5.69 Å². The van der Waals surface area contributed by atoms with Crippen molar-refractivity contribution in [2.24, 2.45) is 0 Å². The average molecular weight is 339 g/mol. The van der Waals surface area contributed by atoms with Gasteiger partial charge in [0.1, 0.15) is 0 Å². The Kier molecular flexibility index (Phi) is 4.15. The van der Waals surface area contributed by atoms with Gasteiger partial charge in [-0.3, -0.25) is 0 Å². The standard InChI is InChI=1S/C15H10Cl3N3/c16-11-3-1-10(2-4-11)7-13-14(17)8-12(9-15(13)18)21-6-5-19-20-21/h1-6,8-9H,7H2. The quantitative estimate of drug-likeness (QED) is 0.685. The van der Waals surface area contributed by atoms with Crippen molar-refractivity contribution in [1.82, 2.24) is 15.0 Å². The van der Waals surface area contributed by atoms with Crippen molar-refractivity contribution in [2.45, 2.75) is 6.42 Å². The molecule has 2 aromatic carbocycles. The van der Waals surface area contributed by atoms with E-state index in [4.69, 9.17) is 34.8 Å². The number of hydrogen-bond acceptors (Lipinski definition) is 2. The summed E-state index contributed by atoms with van der Waals surface area (Å²) >= 11 is 18.6. The van der Waals surface area contributed by atoms with Gasteiger partial charge >= 0.3 is 0 Å². The Morgan fingerprint density at radius 1 is 0.952 bits per heavy atom. The fourth-order valence-electron chi connectivity index (χ4n) is 2.04. The molecule has 0 spiro atoms. The minimum Gasteiger partial charge on any atom is -0.221 e. The smallest absolute Gasteiger partial charge is 0.0697 e. The molecule has 3 rings (SSSR count). The van der Waals surface area contributed by atoms with E-state index in [9.17, 15) is 0 Å². The van der Waals surface area contributed by atoms with E-state index in [0.717, 1.165) is 16.8 Å². The SMILES string of the molecule is Clc1ccc(Cc2c(Cl)cc(-n3ccnn3)cc2Cl)cc1. The molecule has 0 radical (unpaired) electrons. The fraction of sp³-hybridized carbons (Fsp3) is 0.0667. The van der Waals surface area contributed by atoms with Gasteiger partial charge in [0.05, 0.1) is 18.1 Å². The van der Waals surface area contributed by atoms with Gasteiger partial charge in [-0.2, -0.15) is 0 Å². The van der Waals surface area contributed by atoms with E-state index in [1.807, 2.05) is 36.4 Å². The van der Waals surface area contributed by atoms with Gasteiger partial charge in [-0.15, -0.1) is 5.10 Å². The normalized spacial score (nSPS) is 10.8. The van der Waals surface area contributed by atoms with Crippen LogP contribution in [0.3, 0.4) is 0 Å². The number of benzene rings is 2. The first-order valence-corrected chi connectivity index (χ1v) is 7.36. The largest absolute Gasteiger partial charge is 0.221 e. The summed E-state index contributed by atoms with van der Waals surface area (Å²) in [7, 11) is 0. The molecule has 0 saturated carbocycles. The Hall–Kier alpha value is -1.55. The second-order valence-corrected chi connectivity index (χ2v) is 5.79. The van der Waals surface area contributed by atoms with Gasteiger partial charge in [0.15, 0.2) is 0 Å². The van der Waals surface area contributed by atoms with Crippen LogP contribution in [-0.2, 0) is 6.42 Å². The lowest BCUT2D eigenvalue weighted by Gasteiger charge is -2.10. The van der Waals surface area contributed by atoms with Gasteiger partial charge in [-0.25, -0.2) is 4.68 Å². The van der Waals surface area contributed by atoms with Crippen molar-refractivity contribution >= 4 is 34.8 Å². The van der Waals surface area contributed by atoms with Crippen LogP contribution in [0.1, 0.15) is 11.1 Å². The highest BCUT2D eigenvalue weighted by molar-refractivity contribution is 6.36. The maximum absolute atomic E-state index is 6.36. The first-order chi connectivity index (χ1) is 10.1. The second kappa shape index (κ2) is 6.06.